The van der Waals surface area contributed by atoms with Gasteiger partial charge in [-0.15, -0.1) is 0 Å². The topological polar surface area (TPSA) is 73.1 Å². The van der Waals surface area contributed by atoms with Crippen molar-refractivity contribution in [3.05, 3.63) is 35.5 Å². The van der Waals surface area contributed by atoms with Gasteiger partial charge in [-0.3, -0.25) is 0 Å². The van der Waals surface area contributed by atoms with Crippen molar-refractivity contribution < 1.29 is 4.74 Å². The lowest BCUT2D eigenvalue weighted by Gasteiger charge is -2.14. The summed E-state index contributed by atoms with van der Waals surface area (Å²) in [4.78, 5) is 7.92. The van der Waals surface area contributed by atoms with Crippen LogP contribution < -0.4 is 15.8 Å². The van der Waals surface area contributed by atoms with Crippen molar-refractivity contribution in [2.24, 2.45) is 0 Å². The van der Waals surface area contributed by atoms with E-state index in [0.29, 0.717) is 17.1 Å². The molecule has 21 heavy (non-hydrogen) atoms. The van der Waals surface area contributed by atoms with Gasteiger partial charge in [0.05, 0.1) is 6.10 Å². The summed E-state index contributed by atoms with van der Waals surface area (Å²) in [6.07, 6.45) is 5.11. The summed E-state index contributed by atoms with van der Waals surface area (Å²) >= 11 is 5.87. The molecule has 3 N–H and O–H groups in total. The zero-order valence-corrected chi connectivity index (χ0v) is 12.3. The molecule has 5 nitrogen and oxygen atoms in total. The molecule has 0 saturated heterocycles. The molecule has 1 aromatic carbocycles. The van der Waals surface area contributed by atoms with Crippen molar-refractivity contribution in [3.63, 3.8) is 0 Å². The molecule has 1 fully saturated rings. The molecule has 1 heterocycles. The van der Waals surface area contributed by atoms with E-state index in [1.807, 2.05) is 24.3 Å². The summed E-state index contributed by atoms with van der Waals surface area (Å²) in [5.41, 5.74) is 6.46. The number of hydrogen-bond acceptors (Lipinski definition) is 5. The van der Waals surface area contributed by atoms with E-state index < -0.39 is 0 Å². The number of nitrogens with one attached hydrogen (secondary N) is 1. The van der Waals surface area contributed by atoms with E-state index in [4.69, 9.17) is 22.1 Å². The van der Waals surface area contributed by atoms with Crippen molar-refractivity contribution in [3.8, 4) is 5.75 Å². The molecule has 1 aliphatic rings. The number of rotatable bonds is 4. The van der Waals surface area contributed by atoms with Crippen molar-refractivity contribution >= 4 is 29.1 Å². The predicted octanol–water partition coefficient (Wildman–Crippen LogP) is 3.78. The average Bonchev–Trinajstić information content (AvgIpc) is 2.90. The zero-order valence-electron chi connectivity index (χ0n) is 11.6. The molecule has 0 unspecified atom stereocenters. The first-order valence-electron chi connectivity index (χ1n) is 7.03. The van der Waals surface area contributed by atoms with Gasteiger partial charge in [-0.25, -0.2) is 4.98 Å². The molecule has 2 aromatic rings. The lowest BCUT2D eigenvalue weighted by molar-refractivity contribution is 0.210. The second kappa shape index (κ2) is 6.18. The van der Waals surface area contributed by atoms with Crippen LogP contribution in [0.25, 0.3) is 0 Å². The minimum atomic E-state index is 0.142. The lowest BCUT2D eigenvalue weighted by Crippen LogP contribution is -2.10. The number of nitrogens with two attached hydrogens (primary N) is 1. The molecule has 0 spiro atoms. The van der Waals surface area contributed by atoms with Gasteiger partial charge >= 0.3 is 0 Å². The molecule has 0 radical (unpaired) electrons. The third-order valence-electron chi connectivity index (χ3n) is 3.42. The molecule has 1 saturated carbocycles. The van der Waals surface area contributed by atoms with Crippen LogP contribution in [0.1, 0.15) is 25.7 Å². The van der Waals surface area contributed by atoms with E-state index in [2.05, 4.69) is 15.3 Å². The highest BCUT2D eigenvalue weighted by Crippen LogP contribution is 2.27. The van der Waals surface area contributed by atoms with Gasteiger partial charge < -0.3 is 15.8 Å². The second-order valence-corrected chi connectivity index (χ2v) is 5.50. The van der Waals surface area contributed by atoms with Crippen LogP contribution in [0.5, 0.6) is 5.75 Å². The Hall–Kier alpha value is -2.01. The molecule has 1 aromatic heterocycles. The molecule has 0 aliphatic heterocycles. The van der Waals surface area contributed by atoms with Crippen LogP contribution in [-0.2, 0) is 0 Å². The monoisotopic (exact) mass is 304 g/mol. The highest BCUT2D eigenvalue weighted by Gasteiger charge is 2.16. The Balaban J connectivity index is 1.73. The Morgan fingerprint density at radius 1 is 1.19 bits per heavy atom. The molecular formula is C15H17ClN4O. The normalized spacial score (nSPS) is 15.1. The highest BCUT2D eigenvalue weighted by atomic mass is 35.5. The molecule has 110 valence electrons. The first-order chi connectivity index (χ1) is 10.2. The zero-order chi connectivity index (χ0) is 14.7. The summed E-state index contributed by atoms with van der Waals surface area (Å²) in [5, 5.41) is 3.46. The predicted molar refractivity (Wildman–Crippen MR) is 84.1 cm³/mol. The summed E-state index contributed by atoms with van der Waals surface area (Å²) in [7, 11) is 0. The molecule has 6 heteroatoms. The van der Waals surface area contributed by atoms with Gasteiger partial charge in [-0.05, 0) is 37.8 Å². The molecular weight excluding hydrogens is 288 g/mol. The number of nitrogen functional groups attached to an aromatic ring is 1. The molecule has 0 amide bonds. The summed E-state index contributed by atoms with van der Waals surface area (Å²) in [6.45, 7) is 0. The van der Waals surface area contributed by atoms with Gasteiger partial charge in [0.15, 0.2) is 0 Å². The highest BCUT2D eigenvalue weighted by molar-refractivity contribution is 6.29. The SMILES string of the molecule is Nc1nc(Cl)cc(Nc2cccc(OC3CCCC3)c2)n1. The maximum absolute atomic E-state index is 5.98. The number of benzene rings is 1. The molecule has 0 atom stereocenters. The van der Waals surface area contributed by atoms with Crippen LogP contribution in [0.15, 0.2) is 30.3 Å². The second-order valence-electron chi connectivity index (χ2n) is 5.11. The van der Waals surface area contributed by atoms with Crippen LogP contribution in [0.4, 0.5) is 17.5 Å². The van der Waals surface area contributed by atoms with Crippen molar-refractivity contribution in [1.29, 1.82) is 0 Å². The number of hydrogen-bond donors (Lipinski definition) is 2. The lowest BCUT2D eigenvalue weighted by atomic mass is 10.2. The van der Waals surface area contributed by atoms with Gasteiger partial charge in [0, 0.05) is 17.8 Å². The Kier molecular flexibility index (Phi) is 4.10. The summed E-state index contributed by atoms with van der Waals surface area (Å²) in [6, 6.07) is 9.42. The maximum atomic E-state index is 5.98. The first-order valence-corrected chi connectivity index (χ1v) is 7.41. The third kappa shape index (κ3) is 3.76. The van der Waals surface area contributed by atoms with Crippen LogP contribution >= 0.6 is 11.6 Å². The van der Waals surface area contributed by atoms with Crippen LogP contribution in [-0.4, -0.2) is 16.1 Å². The number of halogens is 1. The van der Waals surface area contributed by atoms with Crippen molar-refractivity contribution in [2.45, 2.75) is 31.8 Å². The van der Waals surface area contributed by atoms with Gasteiger partial charge in [-0.1, -0.05) is 17.7 Å². The van der Waals surface area contributed by atoms with E-state index in [9.17, 15) is 0 Å². The van der Waals surface area contributed by atoms with E-state index in [1.165, 1.54) is 12.8 Å². The average molecular weight is 305 g/mol. The number of aromatic nitrogens is 2. The third-order valence-corrected chi connectivity index (χ3v) is 3.62. The maximum Gasteiger partial charge on any atom is 0.223 e. The summed E-state index contributed by atoms with van der Waals surface area (Å²) < 4.78 is 5.98. The number of nitrogens with zero attached hydrogens (tertiary/aromatic N) is 2. The minimum Gasteiger partial charge on any atom is -0.490 e. The number of anilines is 3. The fourth-order valence-electron chi connectivity index (χ4n) is 2.49. The summed E-state index contributed by atoms with van der Waals surface area (Å²) in [5.74, 6) is 1.56. The Labute approximate surface area is 128 Å². The largest absolute Gasteiger partial charge is 0.490 e. The van der Waals surface area contributed by atoms with Crippen LogP contribution in [0, 0.1) is 0 Å². The molecule has 1 aliphatic carbocycles. The molecule has 3 rings (SSSR count). The smallest absolute Gasteiger partial charge is 0.223 e. The van der Waals surface area contributed by atoms with Gasteiger partial charge in [-0.2, -0.15) is 4.98 Å². The van der Waals surface area contributed by atoms with E-state index in [-0.39, 0.29) is 5.95 Å². The van der Waals surface area contributed by atoms with E-state index in [0.717, 1.165) is 24.3 Å². The fraction of sp³-hybridized carbons (Fsp3) is 0.333. The first kappa shape index (κ1) is 13.9. The number of ether oxygens (including phenoxy) is 1. The van der Waals surface area contributed by atoms with E-state index >= 15 is 0 Å². The Morgan fingerprint density at radius 3 is 2.76 bits per heavy atom. The van der Waals surface area contributed by atoms with Gasteiger partial charge in [0.25, 0.3) is 0 Å². The van der Waals surface area contributed by atoms with Crippen molar-refractivity contribution in [2.75, 3.05) is 11.1 Å². The molecule has 0 bridgehead atoms. The standard InChI is InChI=1S/C15H17ClN4O/c16-13-9-14(20-15(17)19-13)18-10-4-3-7-12(8-10)21-11-5-1-2-6-11/h3-4,7-9,11H,1-2,5-6H2,(H3,17,18,19,20). The fourth-order valence-corrected chi connectivity index (χ4v) is 2.68. The Bertz CT molecular complexity index is 609. The van der Waals surface area contributed by atoms with Crippen molar-refractivity contribution in [1.82, 2.24) is 9.97 Å². The quantitative estimate of drug-likeness (QED) is 0.841. The Morgan fingerprint density at radius 2 is 2.00 bits per heavy atom. The van der Waals surface area contributed by atoms with Crippen LogP contribution in [0.2, 0.25) is 5.15 Å². The minimum absolute atomic E-state index is 0.142. The van der Waals surface area contributed by atoms with Crippen LogP contribution in [0.3, 0.4) is 0 Å². The van der Waals surface area contributed by atoms with E-state index in [1.54, 1.807) is 6.07 Å². The van der Waals surface area contributed by atoms with Gasteiger partial charge in [0.1, 0.15) is 16.7 Å². The van der Waals surface area contributed by atoms with Gasteiger partial charge in [0.2, 0.25) is 5.95 Å².